The number of allylic oxidation sites excluding steroid dienone is 2. The summed E-state index contributed by atoms with van der Waals surface area (Å²) in [7, 11) is 0. The lowest BCUT2D eigenvalue weighted by Gasteiger charge is -2.43. The minimum absolute atomic E-state index is 0.326. The molecule has 1 nitrogen and oxygen atoms in total. The molecule has 0 amide bonds. The van der Waals surface area contributed by atoms with Crippen LogP contribution in [-0.2, 0) is 4.79 Å². The first kappa shape index (κ1) is 8.03. The lowest BCUT2D eigenvalue weighted by Crippen LogP contribution is -2.44. The molecule has 1 heteroatoms. The van der Waals surface area contributed by atoms with Crippen LogP contribution in [0.4, 0.5) is 0 Å². The van der Waals surface area contributed by atoms with Crippen molar-refractivity contribution in [1.29, 1.82) is 0 Å². The second-order valence-electron chi connectivity index (χ2n) is 4.17. The van der Waals surface area contributed by atoms with Crippen molar-refractivity contribution in [2.24, 2.45) is 11.3 Å². The Balaban J connectivity index is 2.01. The van der Waals surface area contributed by atoms with Gasteiger partial charge in [-0.05, 0) is 12.8 Å². The highest BCUT2D eigenvalue weighted by Crippen LogP contribution is 2.54. The molecule has 0 N–H and O–H groups in total. The van der Waals surface area contributed by atoms with Gasteiger partial charge in [0.25, 0.3) is 0 Å². The van der Waals surface area contributed by atoms with E-state index < -0.39 is 0 Å². The van der Waals surface area contributed by atoms with Gasteiger partial charge in [-0.1, -0.05) is 31.9 Å². The van der Waals surface area contributed by atoms with Gasteiger partial charge in [0.2, 0.25) is 0 Å². The number of ketones is 1. The molecular weight excluding hydrogens is 148 g/mol. The Hall–Kier alpha value is -0.590. The van der Waals surface area contributed by atoms with Gasteiger partial charge in [0, 0.05) is 17.8 Å². The largest absolute Gasteiger partial charge is 0.299 e. The van der Waals surface area contributed by atoms with Crippen LogP contribution in [-0.4, -0.2) is 5.78 Å². The fraction of sp³-hybridized carbons (Fsp3) is 0.727. The number of rotatable bonds is 3. The summed E-state index contributed by atoms with van der Waals surface area (Å²) in [6, 6.07) is 0. The van der Waals surface area contributed by atoms with Crippen LogP contribution in [0.1, 0.15) is 39.0 Å². The zero-order valence-electron chi connectivity index (χ0n) is 7.68. The highest BCUT2D eigenvalue weighted by molar-refractivity contribution is 5.90. The van der Waals surface area contributed by atoms with Crippen molar-refractivity contribution in [3.63, 3.8) is 0 Å². The Labute approximate surface area is 73.8 Å². The Morgan fingerprint density at radius 1 is 1.67 bits per heavy atom. The summed E-state index contributed by atoms with van der Waals surface area (Å²) in [6.07, 6.45) is 10.1. The van der Waals surface area contributed by atoms with Crippen LogP contribution in [0.5, 0.6) is 0 Å². The number of hydrogen-bond acceptors (Lipinski definition) is 1. The van der Waals surface area contributed by atoms with Crippen molar-refractivity contribution < 1.29 is 4.79 Å². The van der Waals surface area contributed by atoms with Gasteiger partial charge in [-0.25, -0.2) is 0 Å². The van der Waals surface area contributed by atoms with Crippen LogP contribution in [0.2, 0.25) is 0 Å². The average Bonchev–Trinajstić information content (AvgIpc) is 2.39. The Bertz CT molecular complexity index is 229. The highest BCUT2D eigenvalue weighted by atomic mass is 16.1. The van der Waals surface area contributed by atoms with E-state index in [4.69, 9.17) is 0 Å². The average molecular weight is 164 g/mol. The quantitative estimate of drug-likeness (QED) is 0.586. The molecule has 2 unspecified atom stereocenters. The van der Waals surface area contributed by atoms with Crippen LogP contribution in [0.15, 0.2) is 12.2 Å². The lowest BCUT2D eigenvalue weighted by molar-refractivity contribution is -0.138. The Kier molecular flexibility index (Phi) is 1.82. The van der Waals surface area contributed by atoms with Gasteiger partial charge in [-0.3, -0.25) is 4.79 Å². The monoisotopic (exact) mass is 164 g/mol. The summed E-state index contributed by atoms with van der Waals surface area (Å²) in [5.74, 6) is 0.875. The van der Waals surface area contributed by atoms with E-state index in [1.165, 1.54) is 19.3 Å². The number of carbonyl (C=O) groups excluding carboxylic acids is 1. The summed E-state index contributed by atoms with van der Waals surface area (Å²) in [6.45, 7) is 2.21. The molecule has 0 radical (unpaired) electrons. The molecule has 0 aliphatic heterocycles. The molecule has 1 saturated carbocycles. The lowest BCUT2D eigenvalue weighted by atomic mass is 9.59. The highest BCUT2D eigenvalue weighted by Gasteiger charge is 2.52. The molecule has 2 rings (SSSR count). The van der Waals surface area contributed by atoms with Crippen molar-refractivity contribution in [1.82, 2.24) is 0 Å². The summed E-state index contributed by atoms with van der Waals surface area (Å²) >= 11 is 0. The van der Waals surface area contributed by atoms with E-state index in [2.05, 4.69) is 19.1 Å². The summed E-state index contributed by atoms with van der Waals surface area (Å²) in [5.41, 5.74) is 0.326. The van der Waals surface area contributed by atoms with E-state index in [0.717, 1.165) is 12.8 Å². The van der Waals surface area contributed by atoms with E-state index in [1.807, 2.05) is 0 Å². The SMILES string of the molecule is CCCCC12C=CCC1C(=O)C2. The molecule has 0 saturated heterocycles. The van der Waals surface area contributed by atoms with E-state index >= 15 is 0 Å². The number of fused-ring (bicyclic) bond motifs is 1. The molecule has 2 aliphatic carbocycles. The molecule has 66 valence electrons. The van der Waals surface area contributed by atoms with E-state index in [1.54, 1.807) is 0 Å². The molecule has 12 heavy (non-hydrogen) atoms. The van der Waals surface area contributed by atoms with E-state index in [-0.39, 0.29) is 0 Å². The van der Waals surface area contributed by atoms with Crippen molar-refractivity contribution in [2.75, 3.05) is 0 Å². The van der Waals surface area contributed by atoms with E-state index in [0.29, 0.717) is 17.1 Å². The molecule has 0 aromatic rings. The van der Waals surface area contributed by atoms with Gasteiger partial charge in [0.1, 0.15) is 5.78 Å². The van der Waals surface area contributed by atoms with Crippen molar-refractivity contribution >= 4 is 5.78 Å². The number of hydrogen-bond donors (Lipinski definition) is 0. The van der Waals surface area contributed by atoms with Crippen LogP contribution in [0.25, 0.3) is 0 Å². The predicted molar refractivity (Wildman–Crippen MR) is 48.8 cm³/mol. The molecule has 2 aliphatic rings. The van der Waals surface area contributed by atoms with Gasteiger partial charge in [0.05, 0.1) is 0 Å². The molecular formula is C11H16O. The molecule has 1 fully saturated rings. The van der Waals surface area contributed by atoms with Gasteiger partial charge in [-0.2, -0.15) is 0 Å². The van der Waals surface area contributed by atoms with Crippen molar-refractivity contribution in [2.45, 2.75) is 39.0 Å². The van der Waals surface area contributed by atoms with Crippen LogP contribution < -0.4 is 0 Å². The van der Waals surface area contributed by atoms with Crippen LogP contribution in [0, 0.1) is 11.3 Å². The smallest absolute Gasteiger partial charge is 0.138 e. The predicted octanol–water partition coefficient (Wildman–Crippen LogP) is 2.71. The zero-order chi connectivity index (χ0) is 8.60. The maximum absolute atomic E-state index is 11.2. The van der Waals surface area contributed by atoms with Crippen molar-refractivity contribution in [3.05, 3.63) is 12.2 Å². The molecule has 0 aromatic carbocycles. The first-order chi connectivity index (χ1) is 5.78. The normalized spacial score (nSPS) is 38.1. The second-order valence-corrected chi connectivity index (χ2v) is 4.17. The topological polar surface area (TPSA) is 17.1 Å². The number of Topliss-reactive ketones (excluding diaryl/α,β-unsaturated/α-hetero) is 1. The van der Waals surface area contributed by atoms with Crippen LogP contribution in [0.3, 0.4) is 0 Å². The Morgan fingerprint density at radius 2 is 2.50 bits per heavy atom. The first-order valence-electron chi connectivity index (χ1n) is 4.99. The minimum atomic E-state index is 0.326. The van der Waals surface area contributed by atoms with Crippen LogP contribution >= 0.6 is 0 Å². The summed E-state index contributed by atoms with van der Waals surface area (Å²) in [4.78, 5) is 11.2. The third-order valence-electron chi connectivity index (χ3n) is 3.40. The summed E-state index contributed by atoms with van der Waals surface area (Å²) < 4.78 is 0. The third kappa shape index (κ3) is 0.954. The second kappa shape index (κ2) is 2.72. The Morgan fingerprint density at radius 3 is 3.17 bits per heavy atom. The number of carbonyl (C=O) groups is 1. The van der Waals surface area contributed by atoms with E-state index in [9.17, 15) is 4.79 Å². The molecule has 0 aromatic heterocycles. The molecule has 0 bridgehead atoms. The number of unbranched alkanes of at least 4 members (excludes halogenated alkanes) is 1. The third-order valence-corrected chi connectivity index (χ3v) is 3.40. The van der Waals surface area contributed by atoms with Gasteiger partial charge in [0.15, 0.2) is 0 Å². The maximum Gasteiger partial charge on any atom is 0.138 e. The maximum atomic E-state index is 11.2. The van der Waals surface area contributed by atoms with Crippen molar-refractivity contribution in [3.8, 4) is 0 Å². The fourth-order valence-corrected chi connectivity index (χ4v) is 2.59. The zero-order valence-corrected chi connectivity index (χ0v) is 7.68. The van der Waals surface area contributed by atoms with Gasteiger partial charge >= 0.3 is 0 Å². The molecule has 0 heterocycles. The molecule has 0 spiro atoms. The minimum Gasteiger partial charge on any atom is -0.299 e. The first-order valence-corrected chi connectivity index (χ1v) is 4.99. The fourth-order valence-electron chi connectivity index (χ4n) is 2.59. The standard InChI is InChI=1S/C11H16O/c1-2-3-6-11-7-4-5-9(11)10(12)8-11/h4,7,9H,2-3,5-6,8H2,1H3. The molecule has 2 atom stereocenters. The summed E-state index contributed by atoms with van der Waals surface area (Å²) in [5, 5.41) is 0. The van der Waals surface area contributed by atoms with Gasteiger partial charge in [-0.15, -0.1) is 0 Å². The van der Waals surface area contributed by atoms with Gasteiger partial charge < -0.3 is 0 Å².